The molecule has 6 nitrogen and oxygen atoms in total. The normalized spacial score (nSPS) is 11.1. The summed E-state index contributed by atoms with van der Waals surface area (Å²) in [4.78, 5) is 11.8. The molecule has 2 rings (SSSR count). The highest BCUT2D eigenvalue weighted by Gasteiger charge is 2.29. The van der Waals surface area contributed by atoms with Crippen molar-refractivity contribution in [1.82, 2.24) is 0 Å². The van der Waals surface area contributed by atoms with Crippen molar-refractivity contribution in [1.29, 1.82) is 0 Å². The summed E-state index contributed by atoms with van der Waals surface area (Å²) in [5.74, 6) is -0.307. The molecule has 8 heteroatoms. The zero-order valence-corrected chi connectivity index (χ0v) is 16.3. The van der Waals surface area contributed by atoms with Crippen LogP contribution in [0.4, 0.5) is 5.69 Å². The molecule has 26 heavy (non-hydrogen) atoms. The van der Waals surface area contributed by atoms with Gasteiger partial charge in [-0.15, -0.1) is 0 Å². The van der Waals surface area contributed by atoms with Crippen LogP contribution in [0.5, 0.6) is 5.75 Å². The number of ether oxygens (including phenoxy) is 2. The van der Waals surface area contributed by atoms with E-state index in [-0.39, 0.29) is 9.92 Å². The molecule has 0 unspecified atom stereocenters. The minimum absolute atomic E-state index is 0.0434. The van der Waals surface area contributed by atoms with Gasteiger partial charge in [0.15, 0.2) is 0 Å². The topological polar surface area (TPSA) is 72.9 Å². The number of benzene rings is 2. The standard InChI is InChI=1S/C18H20ClNO5S/c1-4-13-7-5-6-8-16(13)20(12-18(21)25-3)26(22,23)14-9-10-17(24-2)15(19)11-14/h5-11H,4,12H2,1-3H3. The van der Waals surface area contributed by atoms with Gasteiger partial charge in [-0.3, -0.25) is 9.10 Å². The Morgan fingerprint density at radius 2 is 1.85 bits per heavy atom. The van der Waals surface area contributed by atoms with Crippen LogP contribution in [0.3, 0.4) is 0 Å². The fourth-order valence-corrected chi connectivity index (χ4v) is 4.27. The maximum atomic E-state index is 13.2. The van der Waals surface area contributed by atoms with Crippen LogP contribution in [0.15, 0.2) is 47.4 Å². The molecule has 0 fully saturated rings. The van der Waals surface area contributed by atoms with Gasteiger partial charge in [0.1, 0.15) is 12.3 Å². The average Bonchev–Trinajstić information content (AvgIpc) is 2.65. The second-order valence-corrected chi connectivity index (χ2v) is 7.64. The van der Waals surface area contributed by atoms with Crippen molar-refractivity contribution < 1.29 is 22.7 Å². The van der Waals surface area contributed by atoms with E-state index < -0.39 is 22.5 Å². The first-order valence-corrected chi connectivity index (χ1v) is 9.68. The molecular formula is C18H20ClNO5S. The highest BCUT2D eigenvalue weighted by molar-refractivity contribution is 7.92. The number of aryl methyl sites for hydroxylation is 1. The average molecular weight is 398 g/mol. The van der Waals surface area contributed by atoms with E-state index in [1.54, 1.807) is 12.1 Å². The van der Waals surface area contributed by atoms with Gasteiger partial charge in [0.2, 0.25) is 0 Å². The Hall–Kier alpha value is -2.25. The summed E-state index contributed by atoms with van der Waals surface area (Å²) in [6, 6.07) is 11.2. The Morgan fingerprint density at radius 3 is 2.42 bits per heavy atom. The van der Waals surface area contributed by atoms with E-state index in [1.807, 2.05) is 19.1 Å². The largest absolute Gasteiger partial charge is 0.495 e. The predicted octanol–water partition coefficient (Wildman–Crippen LogP) is 3.28. The molecule has 0 aromatic heterocycles. The van der Waals surface area contributed by atoms with E-state index in [4.69, 9.17) is 16.3 Å². The molecule has 0 saturated carbocycles. The Balaban J connectivity index is 2.60. The number of hydrogen-bond donors (Lipinski definition) is 0. The maximum absolute atomic E-state index is 13.2. The van der Waals surface area contributed by atoms with Crippen molar-refractivity contribution in [2.45, 2.75) is 18.2 Å². The highest BCUT2D eigenvalue weighted by Crippen LogP contribution is 2.31. The van der Waals surface area contributed by atoms with Gasteiger partial charge < -0.3 is 9.47 Å². The highest BCUT2D eigenvalue weighted by atomic mass is 35.5. The monoisotopic (exact) mass is 397 g/mol. The van der Waals surface area contributed by atoms with Crippen LogP contribution in [-0.2, 0) is 26.0 Å². The molecular weight excluding hydrogens is 378 g/mol. The van der Waals surface area contributed by atoms with Crippen LogP contribution in [0.2, 0.25) is 5.02 Å². The van der Waals surface area contributed by atoms with Gasteiger partial charge >= 0.3 is 5.97 Å². The first-order valence-electron chi connectivity index (χ1n) is 7.86. The summed E-state index contributed by atoms with van der Waals surface area (Å²) in [7, 11) is -1.39. The predicted molar refractivity (Wildman–Crippen MR) is 100 cm³/mol. The third kappa shape index (κ3) is 4.11. The fourth-order valence-electron chi connectivity index (χ4n) is 2.47. The van der Waals surface area contributed by atoms with Gasteiger partial charge in [-0.1, -0.05) is 36.7 Å². The molecule has 0 spiro atoms. The van der Waals surface area contributed by atoms with E-state index in [1.165, 1.54) is 32.4 Å². The summed E-state index contributed by atoms with van der Waals surface area (Å²) in [5.41, 5.74) is 1.21. The number of nitrogens with zero attached hydrogens (tertiary/aromatic N) is 1. The summed E-state index contributed by atoms with van der Waals surface area (Å²) in [5, 5.41) is 0.162. The molecule has 0 aliphatic rings. The zero-order chi connectivity index (χ0) is 19.3. The van der Waals surface area contributed by atoms with Crippen molar-refractivity contribution >= 4 is 33.3 Å². The lowest BCUT2D eigenvalue weighted by molar-refractivity contribution is -0.138. The molecule has 0 aliphatic heterocycles. The Bertz CT molecular complexity index is 898. The molecule has 0 amide bonds. The quantitative estimate of drug-likeness (QED) is 0.670. The molecule has 0 heterocycles. The fraction of sp³-hybridized carbons (Fsp3) is 0.278. The van der Waals surface area contributed by atoms with E-state index in [0.717, 1.165) is 9.87 Å². The van der Waals surface area contributed by atoms with Crippen molar-refractivity contribution in [3.05, 3.63) is 53.1 Å². The molecule has 0 N–H and O–H groups in total. The number of carbonyl (C=O) groups excluding carboxylic acids is 1. The summed E-state index contributed by atoms with van der Waals surface area (Å²) in [6.45, 7) is 1.46. The lowest BCUT2D eigenvalue weighted by atomic mass is 10.1. The molecule has 140 valence electrons. The number of sulfonamides is 1. The van der Waals surface area contributed by atoms with Gasteiger partial charge in [0, 0.05) is 0 Å². The Kier molecular flexibility index (Phi) is 6.50. The molecule has 0 saturated heterocycles. The minimum Gasteiger partial charge on any atom is -0.495 e. The molecule has 0 bridgehead atoms. The number of para-hydroxylation sites is 1. The zero-order valence-electron chi connectivity index (χ0n) is 14.7. The van der Waals surface area contributed by atoms with E-state index >= 15 is 0 Å². The van der Waals surface area contributed by atoms with Gasteiger partial charge in [0.05, 0.1) is 29.8 Å². The van der Waals surface area contributed by atoms with Gasteiger partial charge in [-0.25, -0.2) is 8.42 Å². The van der Waals surface area contributed by atoms with Gasteiger partial charge in [-0.2, -0.15) is 0 Å². The third-order valence-electron chi connectivity index (χ3n) is 3.85. The smallest absolute Gasteiger partial charge is 0.326 e. The Morgan fingerprint density at radius 1 is 1.15 bits per heavy atom. The van der Waals surface area contributed by atoms with Crippen LogP contribution in [0, 0.1) is 0 Å². The van der Waals surface area contributed by atoms with Crippen LogP contribution >= 0.6 is 11.6 Å². The second kappa shape index (κ2) is 8.42. The van der Waals surface area contributed by atoms with Crippen LogP contribution in [-0.4, -0.2) is 35.2 Å². The van der Waals surface area contributed by atoms with Crippen molar-refractivity contribution in [3.63, 3.8) is 0 Å². The SMILES string of the molecule is CCc1ccccc1N(CC(=O)OC)S(=O)(=O)c1ccc(OC)c(Cl)c1. The van der Waals surface area contributed by atoms with E-state index in [9.17, 15) is 13.2 Å². The third-order valence-corrected chi connectivity index (χ3v) is 5.90. The number of halogens is 1. The molecule has 0 radical (unpaired) electrons. The van der Waals surface area contributed by atoms with Crippen LogP contribution < -0.4 is 9.04 Å². The Labute approximate surface area is 158 Å². The number of methoxy groups -OCH3 is 2. The number of carbonyl (C=O) groups is 1. The number of hydrogen-bond acceptors (Lipinski definition) is 5. The number of anilines is 1. The molecule has 0 atom stereocenters. The van der Waals surface area contributed by atoms with Crippen molar-refractivity contribution in [2.75, 3.05) is 25.1 Å². The number of esters is 1. The number of rotatable bonds is 7. The summed E-state index contributed by atoms with van der Waals surface area (Å²) in [6.07, 6.45) is 0.604. The van der Waals surface area contributed by atoms with Crippen LogP contribution in [0.1, 0.15) is 12.5 Å². The summed E-state index contributed by atoms with van der Waals surface area (Å²) < 4.78 is 37.2. The lowest BCUT2D eigenvalue weighted by Crippen LogP contribution is -2.37. The van der Waals surface area contributed by atoms with E-state index in [2.05, 4.69) is 4.74 Å². The maximum Gasteiger partial charge on any atom is 0.326 e. The van der Waals surface area contributed by atoms with Gasteiger partial charge in [0.25, 0.3) is 10.0 Å². The van der Waals surface area contributed by atoms with E-state index in [0.29, 0.717) is 17.9 Å². The van der Waals surface area contributed by atoms with Crippen LogP contribution in [0.25, 0.3) is 0 Å². The first-order chi connectivity index (χ1) is 12.3. The molecule has 0 aliphatic carbocycles. The first kappa shape index (κ1) is 20.1. The molecule has 2 aromatic rings. The van der Waals surface area contributed by atoms with Gasteiger partial charge in [-0.05, 0) is 36.2 Å². The minimum atomic E-state index is -4.05. The second-order valence-electron chi connectivity index (χ2n) is 5.37. The summed E-state index contributed by atoms with van der Waals surface area (Å²) >= 11 is 6.08. The van der Waals surface area contributed by atoms with Crippen molar-refractivity contribution in [2.24, 2.45) is 0 Å². The lowest BCUT2D eigenvalue weighted by Gasteiger charge is -2.25. The van der Waals surface area contributed by atoms with Crippen molar-refractivity contribution in [3.8, 4) is 5.75 Å². The molecule has 2 aromatic carbocycles.